The summed E-state index contributed by atoms with van der Waals surface area (Å²) in [6.45, 7) is 3.07. The van der Waals surface area contributed by atoms with Gasteiger partial charge in [0.25, 0.3) is 0 Å². The standard InChI is InChI=1S/C13H19BrClN3/c1-2-18(11-5-3-10(16)4-6-11)13-12(15)7-9(14)8-17-13/h7-8,10-11H,2-6,16H2,1H3. The molecule has 100 valence electrons. The van der Waals surface area contributed by atoms with Gasteiger partial charge in [-0.3, -0.25) is 0 Å². The summed E-state index contributed by atoms with van der Waals surface area (Å²) in [6, 6.07) is 2.79. The molecule has 1 aliphatic carbocycles. The maximum atomic E-state index is 6.29. The summed E-state index contributed by atoms with van der Waals surface area (Å²) in [5, 5.41) is 0.709. The maximum absolute atomic E-state index is 6.29. The summed E-state index contributed by atoms with van der Waals surface area (Å²) in [6.07, 6.45) is 6.25. The molecule has 5 heteroatoms. The van der Waals surface area contributed by atoms with Crippen molar-refractivity contribution in [3.8, 4) is 0 Å². The SMILES string of the molecule is CCN(c1ncc(Br)cc1Cl)C1CCC(N)CC1. The number of nitrogens with zero attached hydrogens (tertiary/aromatic N) is 2. The van der Waals surface area contributed by atoms with E-state index in [0.29, 0.717) is 17.1 Å². The molecule has 0 bridgehead atoms. The molecule has 1 aromatic rings. The van der Waals surface area contributed by atoms with Gasteiger partial charge in [-0.2, -0.15) is 0 Å². The van der Waals surface area contributed by atoms with Gasteiger partial charge in [0.05, 0.1) is 5.02 Å². The minimum Gasteiger partial charge on any atom is -0.353 e. The fourth-order valence-corrected chi connectivity index (χ4v) is 3.35. The third-order valence-electron chi connectivity index (χ3n) is 3.58. The molecule has 0 aromatic carbocycles. The highest BCUT2D eigenvalue weighted by Crippen LogP contribution is 2.31. The Kier molecular flexibility index (Phi) is 4.87. The van der Waals surface area contributed by atoms with Crippen LogP contribution in [0.3, 0.4) is 0 Å². The van der Waals surface area contributed by atoms with E-state index in [4.69, 9.17) is 17.3 Å². The van der Waals surface area contributed by atoms with Crippen LogP contribution in [0.4, 0.5) is 5.82 Å². The Morgan fingerprint density at radius 3 is 2.67 bits per heavy atom. The zero-order valence-corrected chi connectivity index (χ0v) is 12.9. The summed E-state index contributed by atoms with van der Waals surface area (Å²) in [4.78, 5) is 6.77. The monoisotopic (exact) mass is 331 g/mol. The van der Waals surface area contributed by atoms with Crippen LogP contribution in [0.2, 0.25) is 5.02 Å². The van der Waals surface area contributed by atoms with Crippen LogP contribution < -0.4 is 10.6 Å². The predicted octanol–water partition coefficient (Wildman–Crippen LogP) is 3.59. The highest BCUT2D eigenvalue weighted by atomic mass is 79.9. The first-order valence-electron chi connectivity index (χ1n) is 6.45. The van der Waals surface area contributed by atoms with E-state index in [1.807, 2.05) is 6.07 Å². The van der Waals surface area contributed by atoms with E-state index >= 15 is 0 Å². The Morgan fingerprint density at radius 1 is 1.44 bits per heavy atom. The lowest BCUT2D eigenvalue weighted by Gasteiger charge is -2.36. The number of halogens is 2. The van der Waals surface area contributed by atoms with Crippen molar-refractivity contribution in [2.75, 3.05) is 11.4 Å². The van der Waals surface area contributed by atoms with Crippen molar-refractivity contribution in [2.45, 2.75) is 44.7 Å². The molecule has 2 N–H and O–H groups in total. The van der Waals surface area contributed by atoms with Gasteiger partial charge in [0.1, 0.15) is 5.82 Å². The molecule has 0 aliphatic heterocycles. The number of nitrogens with two attached hydrogens (primary N) is 1. The molecule has 1 fully saturated rings. The molecule has 1 heterocycles. The van der Waals surface area contributed by atoms with E-state index in [1.54, 1.807) is 6.20 Å². The van der Waals surface area contributed by atoms with E-state index in [2.05, 4.69) is 32.7 Å². The van der Waals surface area contributed by atoms with Gasteiger partial charge in [0.15, 0.2) is 0 Å². The normalized spacial score (nSPS) is 24.0. The van der Waals surface area contributed by atoms with Crippen LogP contribution in [0.1, 0.15) is 32.6 Å². The lowest BCUT2D eigenvalue weighted by atomic mass is 9.90. The Bertz CT molecular complexity index is 405. The van der Waals surface area contributed by atoms with Gasteiger partial charge in [-0.05, 0) is 54.6 Å². The van der Waals surface area contributed by atoms with E-state index in [-0.39, 0.29) is 0 Å². The van der Waals surface area contributed by atoms with E-state index in [0.717, 1.165) is 42.5 Å². The quantitative estimate of drug-likeness (QED) is 0.919. The third kappa shape index (κ3) is 3.16. The molecule has 0 atom stereocenters. The molecule has 0 saturated heterocycles. The van der Waals surface area contributed by atoms with Gasteiger partial charge >= 0.3 is 0 Å². The molecule has 0 amide bonds. The third-order valence-corrected chi connectivity index (χ3v) is 4.30. The Labute approximate surface area is 122 Å². The first kappa shape index (κ1) is 14.1. The van der Waals surface area contributed by atoms with Gasteiger partial charge in [0, 0.05) is 29.3 Å². The number of pyridine rings is 1. The number of hydrogen-bond donors (Lipinski definition) is 1. The highest BCUT2D eigenvalue weighted by molar-refractivity contribution is 9.10. The van der Waals surface area contributed by atoms with Gasteiger partial charge in [-0.1, -0.05) is 11.6 Å². The number of hydrogen-bond acceptors (Lipinski definition) is 3. The summed E-state index contributed by atoms with van der Waals surface area (Å²) < 4.78 is 0.915. The van der Waals surface area contributed by atoms with Crippen LogP contribution in [0.25, 0.3) is 0 Å². The Balaban J connectivity index is 2.17. The first-order chi connectivity index (χ1) is 8.61. The largest absolute Gasteiger partial charge is 0.353 e. The Hall–Kier alpha value is -0.320. The van der Waals surface area contributed by atoms with Gasteiger partial charge in [-0.25, -0.2) is 4.98 Å². The van der Waals surface area contributed by atoms with Crippen molar-refractivity contribution in [3.63, 3.8) is 0 Å². The van der Waals surface area contributed by atoms with E-state index in [1.165, 1.54) is 0 Å². The lowest BCUT2D eigenvalue weighted by Crippen LogP contribution is -2.41. The molecular formula is C13H19BrClN3. The topological polar surface area (TPSA) is 42.2 Å². The molecule has 3 nitrogen and oxygen atoms in total. The molecular weight excluding hydrogens is 314 g/mol. The average molecular weight is 333 g/mol. The van der Waals surface area contributed by atoms with Crippen molar-refractivity contribution >= 4 is 33.3 Å². The second kappa shape index (κ2) is 6.22. The average Bonchev–Trinajstić information content (AvgIpc) is 2.35. The second-order valence-electron chi connectivity index (χ2n) is 4.81. The zero-order valence-electron chi connectivity index (χ0n) is 10.6. The summed E-state index contributed by atoms with van der Waals surface area (Å²) in [5.74, 6) is 0.892. The fraction of sp³-hybridized carbons (Fsp3) is 0.615. The van der Waals surface area contributed by atoms with Gasteiger partial charge in [-0.15, -0.1) is 0 Å². The smallest absolute Gasteiger partial charge is 0.147 e. The minimum atomic E-state index is 0.369. The van der Waals surface area contributed by atoms with Crippen molar-refractivity contribution < 1.29 is 0 Å². The Morgan fingerprint density at radius 2 is 2.11 bits per heavy atom. The highest BCUT2D eigenvalue weighted by Gasteiger charge is 2.25. The maximum Gasteiger partial charge on any atom is 0.147 e. The second-order valence-corrected chi connectivity index (χ2v) is 6.14. The molecule has 1 aromatic heterocycles. The first-order valence-corrected chi connectivity index (χ1v) is 7.62. The van der Waals surface area contributed by atoms with Crippen LogP contribution in [0, 0.1) is 0 Å². The van der Waals surface area contributed by atoms with Crippen LogP contribution in [0.15, 0.2) is 16.7 Å². The van der Waals surface area contributed by atoms with Crippen LogP contribution >= 0.6 is 27.5 Å². The molecule has 18 heavy (non-hydrogen) atoms. The predicted molar refractivity (Wildman–Crippen MR) is 80.2 cm³/mol. The van der Waals surface area contributed by atoms with E-state index < -0.39 is 0 Å². The summed E-state index contributed by atoms with van der Waals surface area (Å²) in [7, 11) is 0. The van der Waals surface area contributed by atoms with Crippen molar-refractivity contribution in [1.82, 2.24) is 4.98 Å². The van der Waals surface area contributed by atoms with Gasteiger partial charge < -0.3 is 10.6 Å². The molecule has 1 aliphatic rings. The summed E-state index contributed by atoms with van der Waals surface area (Å²) >= 11 is 9.68. The number of anilines is 1. The van der Waals surface area contributed by atoms with Crippen LogP contribution in [0.5, 0.6) is 0 Å². The molecule has 1 saturated carbocycles. The van der Waals surface area contributed by atoms with Crippen molar-refractivity contribution in [3.05, 3.63) is 21.8 Å². The van der Waals surface area contributed by atoms with Crippen molar-refractivity contribution in [1.29, 1.82) is 0 Å². The molecule has 0 unspecified atom stereocenters. The number of aromatic nitrogens is 1. The van der Waals surface area contributed by atoms with E-state index in [9.17, 15) is 0 Å². The number of rotatable bonds is 3. The van der Waals surface area contributed by atoms with Gasteiger partial charge in [0.2, 0.25) is 0 Å². The molecule has 0 radical (unpaired) electrons. The lowest BCUT2D eigenvalue weighted by molar-refractivity contribution is 0.377. The summed E-state index contributed by atoms with van der Waals surface area (Å²) in [5.41, 5.74) is 5.96. The minimum absolute atomic E-state index is 0.369. The van der Waals surface area contributed by atoms with Crippen LogP contribution in [-0.4, -0.2) is 23.6 Å². The molecule has 0 spiro atoms. The zero-order chi connectivity index (χ0) is 13.1. The van der Waals surface area contributed by atoms with Crippen molar-refractivity contribution in [2.24, 2.45) is 5.73 Å². The molecule has 2 rings (SSSR count). The fourth-order valence-electron chi connectivity index (χ4n) is 2.61. The van der Waals surface area contributed by atoms with Crippen LogP contribution in [-0.2, 0) is 0 Å².